The summed E-state index contributed by atoms with van der Waals surface area (Å²) in [5, 5.41) is 0. The van der Waals surface area contributed by atoms with Crippen LogP contribution in [0.5, 0.6) is 0 Å². The number of ether oxygens (including phenoxy) is 1. The molecule has 0 unspecified atom stereocenters. The summed E-state index contributed by atoms with van der Waals surface area (Å²) >= 11 is 0. The number of carbonyl (C=O) groups is 1. The van der Waals surface area contributed by atoms with Crippen molar-refractivity contribution in [1.82, 2.24) is 4.98 Å². The van der Waals surface area contributed by atoms with Gasteiger partial charge in [-0.15, -0.1) is 0 Å². The zero-order chi connectivity index (χ0) is 12.4. The van der Waals surface area contributed by atoms with Crippen molar-refractivity contribution >= 4 is 11.7 Å². The number of hydrogen-bond donors (Lipinski definition) is 1. The van der Waals surface area contributed by atoms with Crippen molar-refractivity contribution in [3.8, 4) is 0 Å². The van der Waals surface area contributed by atoms with E-state index in [1.165, 1.54) is 18.5 Å². The van der Waals surface area contributed by atoms with Crippen LogP contribution in [0.15, 0.2) is 18.5 Å². The second-order valence-electron chi connectivity index (χ2n) is 2.95. The van der Waals surface area contributed by atoms with Crippen LogP contribution in [0.3, 0.4) is 0 Å². The lowest BCUT2D eigenvalue weighted by Crippen LogP contribution is -2.01. The molecule has 0 amide bonds. The average molecular weight is 228 g/mol. The lowest BCUT2D eigenvalue weighted by Gasteiger charge is -1.96. The number of nitrogens with two attached hydrogens (primary N) is 1. The van der Waals surface area contributed by atoms with Crippen LogP contribution in [0.4, 0.5) is 10.1 Å². The fourth-order valence-electron chi connectivity index (χ4n) is 0.827. The van der Waals surface area contributed by atoms with Gasteiger partial charge in [0.05, 0.1) is 18.5 Å². The predicted octanol–water partition coefficient (Wildman–Crippen LogP) is 2.15. The first-order chi connectivity index (χ1) is 7.61. The molecule has 1 aromatic rings. The molecule has 0 atom stereocenters. The molecular formula is C11H17FN2O2. The molecule has 1 heterocycles. The van der Waals surface area contributed by atoms with Crippen molar-refractivity contribution in [3.05, 3.63) is 24.3 Å². The minimum atomic E-state index is -0.417. The fourth-order valence-corrected chi connectivity index (χ4v) is 0.827. The summed E-state index contributed by atoms with van der Waals surface area (Å²) in [4.78, 5) is 14.0. The summed E-state index contributed by atoms with van der Waals surface area (Å²) in [5.74, 6) is -0.505. The minimum absolute atomic E-state index is 0.0880. The van der Waals surface area contributed by atoms with Crippen molar-refractivity contribution in [1.29, 1.82) is 0 Å². The third-order valence-corrected chi connectivity index (χ3v) is 1.56. The van der Waals surface area contributed by atoms with Gasteiger partial charge in [0.15, 0.2) is 0 Å². The molecule has 0 saturated carbocycles. The van der Waals surface area contributed by atoms with E-state index in [0.29, 0.717) is 13.0 Å². The molecule has 1 rings (SSSR count). The molecule has 4 nitrogen and oxygen atoms in total. The Morgan fingerprint density at radius 1 is 1.56 bits per heavy atom. The Labute approximate surface area is 94.6 Å². The number of anilines is 1. The van der Waals surface area contributed by atoms with Gasteiger partial charge in [-0.3, -0.25) is 9.78 Å². The van der Waals surface area contributed by atoms with Gasteiger partial charge in [-0.05, 0) is 19.4 Å². The third kappa shape index (κ3) is 6.75. The Balaban J connectivity index is 0.000000281. The van der Waals surface area contributed by atoms with Crippen LogP contribution >= 0.6 is 0 Å². The minimum Gasteiger partial charge on any atom is -0.466 e. The van der Waals surface area contributed by atoms with Gasteiger partial charge in [-0.25, -0.2) is 4.39 Å². The van der Waals surface area contributed by atoms with Gasteiger partial charge in [-0.2, -0.15) is 0 Å². The first-order valence-corrected chi connectivity index (χ1v) is 5.12. The molecule has 0 spiro atoms. The summed E-state index contributed by atoms with van der Waals surface area (Å²) in [5.41, 5.74) is 5.17. The molecule has 5 heteroatoms. The second kappa shape index (κ2) is 8.64. The third-order valence-electron chi connectivity index (χ3n) is 1.56. The molecule has 2 N–H and O–H groups in total. The summed E-state index contributed by atoms with van der Waals surface area (Å²) in [6, 6.07) is 1.22. The van der Waals surface area contributed by atoms with E-state index in [1.807, 2.05) is 13.8 Å². The number of nitrogens with zero attached hydrogens (tertiary/aromatic N) is 1. The van der Waals surface area contributed by atoms with Gasteiger partial charge in [0.25, 0.3) is 0 Å². The molecule has 1 aromatic heterocycles. The van der Waals surface area contributed by atoms with Gasteiger partial charge >= 0.3 is 5.97 Å². The van der Waals surface area contributed by atoms with Gasteiger partial charge in [-0.1, -0.05) is 6.92 Å². The number of halogens is 1. The van der Waals surface area contributed by atoms with E-state index in [4.69, 9.17) is 5.73 Å². The largest absolute Gasteiger partial charge is 0.466 e. The quantitative estimate of drug-likeness (QED) is 0.805. The summed E-state index contributed by atoms with van der Waals surface area (Å²) in [6.07, 6.45) is 4.05. The number of carbonyl (C=O) groups excluding carboxylic acids is 1. The first-order valence-electron chi connectivity index (χ1n) is 5.12. The highest BCUT2D eigenvalue weighted by Crippen LogP contribution is 2.03. The van der Waals surface area contributed by atoms with E-state index >= 15 is 0 Å². The second-order valence-corrected chi connectivity index (χ2v) is 2.95. The van der Waals surface area contributed by atoms with Crippen LogP contribution in [-0.2, 0) is 9.53 Å². The van der Waals surface area contributed by atoms with E-state index in [-0.39, 0.29) is 11.7 Å². The van der Waals surface area contributed by atoms with Crippen LogP contribution in [-0.4, -0.2) is 17.6 Å². The molecule has 0 radical (unpaired) electrons. The highest BCUT2D eigenvalue weighted by atomic mass is 19.1. The van der Waals surface area contributed by atoms with E-state index in [2.05, 4.69) is 9.72 Å². The maximum atomic E-state index is 12.2. The molecule has 0 aliphatic carbocycles. The van der Waals surface area contributed by atoms with Crippen molar-refractivity contribution in [2.24, 2.45) is 0 Å². The highest BCUT2D eigenvalue weighted by Gasteiger charge is 1.95. The lowest BCUT2D eigenvalue weighted by atomic mass is 10.3. The smallest absolute Gasteiger partial charge is 0.305 e. The molecule has 0 aliphatic rings. The number of hydrogen-bond acceptors (Lipinski definition) is 4. The topological polar surface area (TPSA) is 65.2 Å². The summed E-state index contributed by atoms with van der Waals surface area (Å²) in [7, 11) is 0. The van der Waals surface area contributed by atoms with Crippen LogP contribution in [0.1, 0.15) is 26.7 Å². The molecule has 0 aromatic carbocycles. The number of nitrogen functional groups attached to an aromatic ring is 1. The zero-order valence-electron chi connectivity index (χ0n) is 9.57. The van der Waals surface area contributed by atoms with Gasteiger partial charge in [0.1, 0.15) is 5.82 Å². The normalized spacial score (nSPS) is 8.94. The fraction of sp³-hybridized carbons (Fsp3) is 0.455. The van der Waals surface area contributed by atoms with Crippen LogP contribution in [0.25, 0.3) is 0 Å². The Bertz CT molecular complexity index is 290. The Morgan fingerprint density at radius 3 is 2.62 bits per heavy atom. The van der Waals surface area contributed by atoms with Crippen LogP contribution < -0.4 is 5.73 Å². The van der Waals surface area contributed by atoms with Crippen LogP contribution in [0, 0.1) is 5.82 Å². The van der Waals surface area contributed by atoms with Crippen molar-refractivity contribution in [2.75, 3.05) is 12.3 Å². The molecule has 0 bridgehead atoms. The van der Waals surface area contributed by atoms with E-state index < -0.39 is 5.82 Å². The van der Waals surface area contributed by atoms with Crippen LogP contribution in [0.2, 0.25) is 0 Å². The SMILES string of the molecule is CCCC(=O)OCC.Nc1cnccc1F. The van der Waals surface area contributed by atoms with Gasteiger partial charge in [0.2, 0.25) is 0 Å². The standard InChI is InChI=1S/C6H12O2.C5H5FN2/c1-3-5-6(7)8-4-2;6-4-1-2-8-3-5(4)7/h3-5H2,1-2H3;1-3H,7H2. The number of pyridine rings is 1. The molecule has 0 fully saturated rings. The van der Waals surface area contributed by atoms with Gasteiger partial charge in [0, 0.05) is 12.6 Å². The monoisotopic (exact) mass is 228 g/mol. The van der Waals surface area contributed by atoms with E-state index in [1.54, 1.807) is 0 Å². The Kier molecular flexibility index (Phi) is 7.75. The van der Waals surface area contributed by atoms with E-state index in [0.717, 1.165) is 6.42 Å². The molecule has 90 valence electrons. The highest BCUT2D eigenvalue weighted by molar-refractivity contribution is 5.69. The van der Waals surface area contributed by atoms with Crippen molar-refractivity contribution < 1.29 is 13.9 Å². The van der Waals surface area contributed by atoms with E-state index in [9.17, 15) is 9.18 Å². The summed E-state index contributed by atoms with van der Waals surface area (Å²) in [6.45, 7) is 4.27. The number of esters is 1. The molecule has 0 saturated heterocycles. The van der Waals surface area contributed by atoms with Gasteiger partial charge < -0.3 is 10.5 Å². The maximum absolute atomic E-state index is 12.2. The molecular weight excluding hydrogens is 211 g/mol. The zero-order valence-corrected chi connectivity index (χ0v) is 9.57. The Morgan fingerprint density at radius 2 is 2.25 bits per heavy atom. The number of aromatic nitrogens is 1. The molecule has 16 heavy (non-hydrogen) atoms. The maximum Gasteiger partial charge on any atom is 0.305 e. The Hall–Kier alpha value is -1.65. The first kappa shape index (κ1) is 14.3. The molecule has 0 aliphatic heterocycles. The number of rotatable bonds is 3. The average Bonchev–Trinajstić information content (AvgIpc) is 2.24. The van der Waals surface area contributed by atoms with Crippen molar-refractivity contribution in [2.45, 2.75) is 26.7 Å². The predicted molar refractivity (Wildman–Crippen MR) is 60.1 cm³/mol. The van der Waals surface area contributed by atoms with Crippen molar-refractivity contribution in [3.63, 3.8) is 0 Å². The lowest BCUT2D eigenvalue weighted by molar-refractivity contribution is -0.143. The summed E-state index contributed by atoms with van der Waals surface area (Å²) < 4.78 is 16.8.